The van der Waals surface area contributed by atoms with E-state index in [1.165, 1.54) is 0 Å². The average molecular weight is 318 g/mol. The third kappa shape index (κ3) is 4.58. The van der Waals surface area contributed by atoms with Crippen molar-refractivity contribution >= 4 is 24.2 Å². The molecule has 2 rings (SSSR count). The van der Waals surface area contributed by atoms with Crippen LogP contribution in [0.1, 0.15) is 39.5 Å². The molecule has 5 nitrogen and oxygen atoms in total. The summed E-state index contributed by atoms with van der Waals surface area (Å²) in [4.78, 5) is 28.4. The van der Waals surface area contributed by atoms with Gasteiger partial charge in [0.15, 0.2) is 0 Å². The van der Waals surface area contributed by atoms with E-state index in [-0.39, 0.29) is 42.1 Å². The molecule has 2 unspecified atom stereocenters. The van der Waals surface area contributed by atoms with Crippen LogP contribution >= 0.6 is 12.4 Å². The van der Waals surface area contributed by atoms with Crippen molar-refractivity contribution < 1.29 is 9.59 Å². The molecular formula is C15H28ClN3O2. The first kappa shape index (κ1) is 18.2. The van der Waals surface area contributed by atoms with Crippen molar-refractivity contribution in [1.82, 2.24) is 9.80 Å². The molecule has 122 valence electrons. The van der Waals surface area contributed by atoms with Gasteiger partial charge in [-0.2, -0.15) is 0 Å². The van der Waals surface area contributed by atoms with E-state index < -0.39 is 0 Å². The molecule has 2 amide bonds. The van der Waals surface area contributed by atoms with Gasteiger partial charge in [-0.1, -0.05) is 13.8 Å². The van der Waals surface area contributed by atoms with E-state index in [1.54, 1.807) is 0 Å². The Bertz CT molecular complexity index is 376. The standard InChI is InChI=1S/C15H27N3O2.ClH/c1-11(2)14(19)17-6-3-7-18(9-8-17)15(20)12-4-5-13(16)10-12;/h11-13H,3-10,16H2,1-2H3;1H. The predicted octanol–water partition coefficient (Wildman–Crippen LogP) is 1.25. The zero-order valence-corrected chi connectivity index (χ0v) is 13.9. The number of hydrogen-bond acceptors (Lipinski definition) is 3. The largest absolute Gasteiger partial charge is 0.341 e. The van der Waals surface area contributed by atoms with Gasteiger partial charge in [-0.3, -0.25) is 9.59 Å². The van der Waals surface area contributed by atoms with Gasteiger partial charge >= 0.3 is 0 Å². The van der Waals surface area contributed by atoms with Gasteiger partial charge in [0, 0.05) is 44.1 Å². The van der Waals surface area contributed by atoms with E-state index in [0.717, 1.165) is 38.8 Å². The number of hydrogen-bond donors (Lipinski definition) is 1. The lowest BCUT2D eigenvalue weighted by Gasteiger charge is -2.25. The molecule has 2 aliphatic rings. The average Bonchev–Trinajstić information content (AvgIpc) is 2.71. The van der Waals surface area contributed by atoms with E-state index >= 15 is 0 Å². The smallest absolute Gasteiger partial charge is 0.225 e. The Balaban J connectivity index is 0.00000220. The van der Waals surface area contributed by atoms with E-state index in [1.807, 2.05) is 23.6 Å². The second kappa shape index (κ2) is 7.99. The lowest BCUT2D eigenvalue weighted by molar-refractivity contribution is -0.137. The zero-order valence-electron chi connectivity index (χ0n) is 13.1. The molecule has 0 bridgehead atoms. The number of carbonyl (C=O) groups excluding carboxylic acids is 2. The van der Waals surface area contributed by atoms with Crippen molar-refractivity contribution in [3.05, 3.63) is 0 Å². The Kier molecular flexibility index (Phi) is 6.94. The maximum Gasteiger partial charge on any atom is 0.225 e. The highest BCUT2D eigenvalue weighted by Crippen LogP contribution is 2.26. The van der Waals surface area contributed by atoms with Gasteiger partial charge in [-0.05, 0) is 25.7 Å². The predicted molar refractivity (Wildman–Crippen MR) is 85.2 cm³/mol. The minimum atomic E-state index is 0. The fraction of sp³-hybridized carbons (Fsp3) is 0.867. The molecule has 2 N–H and O–H groups in total. The summed E-state index contributed by atoms with van der Waals surface area (Å²) in [5.41, 5.74) is 5.89. The van der Waals surface area contributed by atoms with Gasteiger partial charge in [0.25, 0.3) is 0 Å². The maximum atomic E-state index is 12.5. The first-order valence-electron chi connectivity index (χ1n) is 7.82. The third-order valence-electron chi connectivity index (χ3n) is 4.44. The molecule has 0 aromatic heterocycles. The molecule has 0 aromatic carbocycles. The highest BCUT2D eigenvalue weighted by molar-refractivity contribution is 5.85. The van der Waals surface area contributed by atoms with Crippen LogP contribution < -0.4 is 5.73 Å². The van der Waals surface area contributed by atoms with E-state index in [4.69, 9.17) is 5.73 Å². The summed E-state index contributed by atoms with van der Waals surface area (Å²) >= 11 is 0. The Labute approximate surface area is 133 Å². The number of nitrogens with two attached hydrogens (primary N) is 1. The Morgan fingerprint density at radius 2 is 1.67 bits per heavy atom. The highest BCUT2D eigenvalue weighted by Gasteiger charge is 2.32. The molecular weight excluding hydrogens is 290 g/mol. The molecule has 6 heteroatoms. The number of nitrogens with zero attached hydrogens (tertiary/aromatic N) is 2. The van der Waals surface area contributed by atoms with Crippen LogP contribution in [-0.2, 0) is 9.59 Å². The quantitative estimate of drug-likeness (QED) is 0.833. The van der Waals surface area contributed by atoms with Crippen LogP contribution in [0.4, 0.5) is 0 Å². The summed E-state index contributed by atoms with van der Waals surface area (Å²) in [5, 5.41) is 0. The fourth-order valence-corrected chi connectivity index (χ4v) is 3.22. The molecule has 1 saturated heterocycles. The maximum absolute atomic E-state index is 12.5. The summed E-state index contributed by atoms with van der Waals surface area (Å²) < 4.78 is 0. The number of halogens is 1. The van der Waals surface area contributed by atoms with Gasteiger partial charge in [-0.15, -0.1) is 12.4 Å². The molecule has 21 heavy (non-hydrogen) atoms. The first-order chi connectivity index (χ1) is 9.49. The second-order valence-corrected chi connectivity index (χ2v) is 6.43. The summed E-state index contributed by atoms with van der Waals surface area (Å²) in [6.07, 6.45) is 3.58. The van der Waals surface area contributed by atoms with Gasteiger partial charge in [0.05, 0.1) is 0 Å². The van der Waals surface area contributed by atoms with Gasteiger partial charge in [0.1, 0.15) is 0 Å². The monoisotopic (exact) mass is 317 g/mol. The molecule has 1 aliphatic carbocycles. The zero-order chi connectivity index (χ0) is 14.7. The molecule has 1 heterocycles. The summed E-state index contributed by atoms with van der Waals surface area (Å²) in [6.45, 7) is 6.73. The molecule has 0 spiro atoms. The molecule has 0 radical (unpaired) electrons. The van der Waals surface area contributed by atoms with Crippen LogP contribution in [0.2, 0.25) is 0 Å². The Hall–Kier alpha value is -0.810. The lowest BCUT2D eigenvalue weighted by Crippen LogP contribution is -2.40. The van der Waals surface area contributed by atoms with Crippen LogP contribution in [-0.4, -0.2) is 53.8 Å². The van der Waals surface area contributed by atoms with Crippen molar-refractivity contribution in [3.8, 4) is 0 Å². The Morgan fingerprint density at radius 3 is 2.24 bits per heavy atom. The van der Waals surface area contributed by atoms with E-state index in [2.05, 4.69) is 0 Å². The SMILES string of the molecule is CC(C)C(=O)N1CCCN(C(=O)C2CCC(N)C2)CC1.Cl. The highest BCUT2D eigenvalue weighted by atomic mass is 35.5. The minimum absolute atomic E-state index is 0. The number of amides is 2. The van der Waals surface area contributed by atoms with Crippen LogP contribution in [0.5, 0.6) is 0 Å². The van der Waals surface area contributed by atoms with E-state index in [0.29, 0.717) is 13.1 Å². The number of rotatable bonds is 2. The first-order valence-corrected chi connectivity index (χ1v) is 7.82. The lowest BCUT2D eigenvalue weighted by atomic mass is 10.1. The molecule has 2 atom stereocenters. The Morgan fingerprint density at radius 1 is 1.05 bits per heavy atom. The van der Waals surface area contributed by atoms with Crippen LogP contribution in [0, 0.1) is 11.8 Å². The van der Waals surface area contributed by atoms with Crippen LogP contribution in [0.25, 0.3) is 0 Å². The van der Waals surface area contributed by atoms with Crippen molar-refractivity contribution in [2.24, 2.45) is 17.6 Å². The fourth-order valence-electron chi connectivity index (χ4n) is 3.22. The minimum Gasteiger partial charge on any atom is -0.341 e. The van der Waals surface area contributed by atoms with Crippen LogP contribution in [0.15, 0.2) is 0 Å². The van der Waals surface area contributed by atoms with Crippen molar-refractivity contribution in [3.63, 3.8) is 0 Å². The molecule has 1 aliphatic heterocycles. The third-order valence-corrected chi connectivity index (χ3v) is 4.44. The van der Waals surface area contributed by atoms with E-state index in [9.17, 15) is 9.59 Å². The van der Waals surface area contributed by atoms with Gasteiger partial charge in [0.2, 0.25) is 11.8 Å². The normalized spacial score (nSPS) is 26.5. The second-order valence-electron chi connectivity index (χ2n) is 6.43. The molecule has 0 aromatic rings. The molecule has 2 fully saturated rings. The van der Waals surface area contributed by atoms with Crippen LogP contribution in [0.3, 0.4) is 0 Å². The summed E-state index contributed by atoms with van der Waals surface area (Å²) in [6, 6.07) is 0.190. The van der Waals surface area contributed by atoms with Crippen molar-refractivity contribution in [2.45, 2.75) is 45.6 Å². The summed E-state index contributed by atoms with van der Waals surface area (Å²) in [7, 11) is 0. The molecule has 1 saturated carbocycles. The summed E-state index contributed by atoms with van der Waals surface area (Å²) in [5.74, 6) is 0.585. The van der Waals surface area contributed by atoms with Gasteiger partial charge < -0.3 is 15.5 Å². The van der Waals surface area contributed by atoms with Crippen molar-refractivity contribution in [1.29, 1.82) is 0 Å². The van der Waals surface area contributed by atoms with Gasteiger partial charge in [-0.25, -0.2) is 0 Å². The number of carbonyl (C=O) groups is 2. The topological polar surface area (TPSA) is 66.6 Å². The van der Waals surface area contributed by atoms with Crippen molar-refractivity contribution in [2.75, 3.05) is 26.2 Å².